The second-order valence-electron chi connectivity index (χ2n) is 5.54. The molecular weight excluding hydrogens is 286 g/mol. The van der Waals surface area contributed by atoms with Crippen LogP contribution in [0.5, 0.6) is 0 Å². The molecule has 0 saturated carbocycles. The highest BCUT2D eigenvalue weighted by atomic mass is 32.1. The van der Waals surface area contributed by atoms with Crippen LogP contribution < -0.4 is 5.73 Å². The summed E-state index contributed by atoms with van der Waals surface area (Å²) in [4.78, 5) is 26.5. The number of hydrogen-bond donors (Lipinski definition) is 1. The molecule has 3 rings (SSSR count). The van der Waals surface area contributed by atoms with E-state index in [0.717, 1.165) is 30.8 Å². The lowest BCUT2D eigenvalue weighted by Crippen LogP contribution is -2.44. The van der Waals surface area contributed by atoms with Crippen molar-refractivity contribution in [1.82, 2.24) is 19.8 Å². The van der Waals surface area contributed by atoms with Gasteiger partial charge < -0.3 is 15.5 Å². The average Bonchev–Trinajstić information content (AvgIpc) is 2.84. The molecule has 7 heteroatoms. The van der Waals surface area contributed by atoms with Gasteiger partial charge in [-0.3, -0.25) is 4.79 Å². The molecule has 1 fully saturated rings. The molecule has 2 aromatic heterocycles. The molecule has 1 saturated heterocycles. The first-order valence-electron chi connectivity index (χ1n) is 7.02. The van der Waals surface area contributed by atoms with Crippen LogP contribution in [-0.2, 0) is 0 Å². The number of rotatable bonds is 2. The topological polar surface area (TPSA) is 75.3 Å². The predicted octanol–water partition coefficient (Wildman–Crippen LogP) is 1.44. The summed E-state index contributed by atoms with van der Waals surface area (Å²) in [6.45, 7) is 1.55. The number of nitrogens with two attached hydrogens (primary N) is 1. The fourth-order valence-electron chi connectivity index (χ4n) is 2.73. The van der Waals surface area contributed by atoms with Gasteiger partial charge >= 0.3 is 0 Å². The fraction of sp³-hybridized carbons (Fsp3) is 0.500. The maximum Gasteiger partial charge on any atom is 0.266 e. The largest absolute Gasteiger partial charge is 0.396 e. The second-order valence-corrected chi connectivity index (χ2v) is 6.54. The zero-order chi connectivity index (χ0) is 15.0. The van der Waals surface area contributed by atoms with Crippen LogP contribution in [0.2, 0.25) is 0 Å². The zero-order valence-electron chi connectivity index (χ0n) is 12.2. The standard InChI is InChI=1S/C14H19N5OS/c1-18(2)9-3-7-19(8-4-9)14(20)12-10(15)11-13(21-12)17-6-5-16-11/h5-6,9H,3-4,7-8,15H2,1-2H3. The summed E-state index contributed by atoms with van der Waals surface area (Å²) in [5.74, 6) is 0.00880. The Bertz CT molecular complexity index is 660. The number of amides is 1. The number of nitrogen functional groups attached to an aromatic ring is 1. The quantitative estimate of drug-likeness (QED) is 0.908. The Kier molecular flexibility index (Phi) is 3.77. The van der Waals surface area contributed by atoms with Crippen molar-refractivity contribution in [3.8, 4) is 0 Å². The van der Waals surface area contributed by atoms with E-state index in [1.165, 1.54) is 11.3 Å². The number of piperidine rings is 1. The molecule has 112 valence electrons. The van der Waals surface area contributed by atoms with Gasteiger partial charge in [-0.25, -0.2) is 9.97 Å². The average molecular weight is 305 g/mol. The number of carbonyl (C=O) groups is 1. The molecule has 1 amide bonds. The molecular formula is C14H19N5OS. The van der Waals surface area contributed by atoms with Crippen molar-refractivity contribution in [1.29, 1.82) is 0 Å². The van der Waals surface area contributed by atoms with Crippen LogP contribution in [0, 0.1) is 0 Å². The van der Waals surface area contributed by atoms with Crippen LogP contribution in [0.3, 0.4) is 0 Å². The first kappa shape index (κ1) is 14.2. The molecule has 2 aromatic rings. The summed E-state index contributed by atoms with van der Waals surface area (Å²) in [7, 11) is 4.17. The molecule has 2 N–H and O–H groups in total. The van der Waals surface area contributed by atoms with Crippen LogP contribution >= 0.6 is 11.3 Å². The van der Waals surface area contributed by atoms with Gasteiger partial charge in [-0.15, -0.1) is 11.3 Å². The van der Waals surface area contributed by atoms with Crippen molar-refractivity contribution in [2.24, 2.45) is 0 Å². The van der Waals surface area contributed by atoms with Crippen LogP contribution in [0.25, 0.3) is 10.3 Å². The molecule has 6 nitrogen and oxygen atoms in total. The highest BCUT2D eigenvalue weighted by Crippen LogP contribution is 2.32. The van der Waals surface area contributed by atoms with E-state index in [0.29, 0.717) is 22.1 Å². The number of nitrogens with zero attached hydrogens (tertiary/aromatic N) is 4. The number of anilines is 1. The number of thiophene rings is 1. The molecule has 0 aromatic carbocycles. The summed E-state index contributed by atoms with van der Waals surface area (Å²) < 4.78 is 0. The zero-order valence-corrected chi connectivity index (χ0v) is 13.1. The van der Waals surface area contributed by atoms with Crippen molar-refractivity contribution < 1.29 is 4.79 Å². The van der Waals surface area contributed by atoms with Gasteiger partial charge in [-0.1, -0.05) is 0 Å². The highest BCUT2D eigenvalue weighted by molar-refractivity contribution is 7.21. The van der Waals surface area contributed by atoms with Crippen LogP contribution in [0.1, 0.15) is 22.5 Å². The van der Waals surface area contributed by atoms with E-state index in [1.54, 1.807) is 12.4 Å². The van der Waals surface area contributed by atoms with Crippen molar-refractivity contribution in [2.45, 2.75) is 18.9 Å². The third-order valence-corrected chi connectivity index (χ3v) is 5.13. The molecule has 0 atom stereocenters. The van der Waals surface area contributed by atoms with Gasteiger partial charge in [0.2, 0.25) is 0 Å². The molecule has 1 aliphatic rings. The number of fused-ring (bicyclic) bond motifs is 1. The summed E-state index contributed by atoms with van der Waals surface area (Å²) in [5, 5.41) is 0. The number of hydrogen-bond acceptors (Lipinski definition) is 6. The van der Waals surface area contributed by atoms with E-state index < -0.39 is 0 Å². The Morgan fingerprint density at radius 1 is 1.33 bits per heavy atom. The van der Waals surface area contributed by atoms with E-state index in [2.05, 4.69) is 29.0 Å². The number of likely N-dealkylation sites (tertiary alicyclic amines) is 1. The molecule has 3 heterocycles. The van der Waals surface area contributed by atoms with E-state index in [4.69, 9.17) is 5.73 Å². The summed E-state index contributed by atoms with van der Waals surface area (Å²) in [6.07, 6.45) is 5.22. The fourth-order valence-corrected chi connectivity index (χ4v) is 3.72. The minimum absolute atomic E-state index is 0.00880. The maximum absolute atomic E-state index is 12.7. The van der Waals surface area contributed by atoms with Crippen molar-refractivity contribution in [3.63, 3.8) is 0 Å². The SMILES string of the molecule is CN(C)C1CCN(C(=O)c2sc3nccnc3c2N)CC1. The Balaban J connectivity index is 1.80. The molecule has 21 heavy (non-hydrogen) atoms. The summed E-state index contributed by atoms with van der Waals surface area (Å²) in [5.41, 5.74) is 7.17. The first-order valence-corrected chi connectivity index (χ1v) is 7.84. The van der Waals surface area contributed by atoms with Gasteiger partial charge in [0.1, 0.15) is 15.2 Å². The van der Waals surface area contributed by atoms with E-state index in [9.17, 15) is 4.79 Å². The van der Waals surface area contributed by atoms with Gasteiger partial charge in [-0.2, -0.15) is 0 Å². The lowest BCUT2D eigenvalue weighted by atomic mass is 10.0. The Morgan fingerprint density at radius 3 is 2.62 bits per heavy atom. The predicted molar refractivity (Wildman–Crippen MR) is 84.4 cm³/mol. The van der Waals surface area contributed by atoms with E-state index in [1.807, 2.05) is 4.90 Å². The molecule has 1 aliphatic heterocycles. The van der Waals surface area contributed by atoms with Gasteiger partial charge in [0.05, 0.1) is 5.69 Å². The lowest BCUT2D eigenvalue weighted by molar-refractivity contribution is 0.0669. The minimum atomic E-state index is 0.00880. The Morgan fingerprint density at radius 2 is 2.00 bits per heavy atom. The Labute approximate surface area is 127 Å². The normalized spacial score (nSPS) is 16.8. The molecule has 0 bridgehead atoms. The molecule has 0 unspecified atom stereocenters. The monoisotopic (exact) mass is 305 g/mol. The van der Waals surface area contributed by atoms with E-state index in [-0.39, 0.29) is 5.91 Å². The number of aromatic nitrogens is 2. The number of carbonyl (C=O) groups excluding carboxylic acids is 1. The van der Waals surface area contributed by atoms with Crippen molar-refractivity contribution in [2.75, 3.05) is 32.9 Å². The van der Waals surface area contributed by atoms with Crippen LogP contribution in [-0.4, -0.2) is 58.9 Å². The summed E-state index contributed by atoms with van der Waals surface area (Å²) >= 11 is 1.33. The maximum atomic E-state index is 12.7. The Hall–Kier alpha value is -1.73. The van der Waals surface area contributed by atoms with Gasteiger partial charge in [0.25, 0.3) is 5.91 Å². The molecule has 0 spiro atoms. The van der Waals surface area contributed by atoms with Gasteiger partial charge in [0.15, 0.2) is 0 Å². The van der Waals surface area contributed by atoms with Crippen molar-refractivity contribution in [3.05, 3.63) is 17.3 Å². The first-order chi connectivity index (χ1) is 10.1. The third kappa shape index (κ3) is 2.58. The minimum Gasteiger partial charge on any atom is -0.396 e. The van der Waals surface area contributed by atoms with Crippen LogP contribution in [0.15, 0.2) is 12.4 Å². The molecule has 0 radical (unpaired) electrons. The summed E-state index contributed by atoms with van der Waals surface area (Å²) in [6, 6.07) is 0.553. The van der Waals surface area contributed by atoms with Crippen LogP contribution in [0.4, 0.5) is 5.69 Å². The van der Waals surface area contributed by atoms with E-state index >= 15 is 0 Å². The van der Waals surface area contributed by atoms with Gasteiger partial charge in [0, 0.05) is 31.5 Å². The highest BCUT2D eigenvalue weighted by Gasteiger charge is 2.27. The molecule has 0 aliphatic carbocycles. The van der Waals surface area contributed by atoms with Crippen molar-refractivity contribution >= 4 is 33.3 Å². The second kappa shape index (κ2) is 5.57. The smallest absolute Gasteiger partial charge is 0.266 e. The lowest BCUT2D eigenvalue weighted by Gasteiger charge is -2.35. The third-order valence-electron chi connectivity index (χ3n) is 4.04. The van der Waals surface area contributed by atoms with Gasteiger partial charge in [-0.05, 0) is 26.9 Å².